The maximum Gasteiger partial charge on any atom is 0.244 e. The molecule has 86 valence electrons. The van der Waals surface area contributed by atoms with Crippen molar-refractivity contribution in [3.05, 3.63) is 0 Å². The molecule has 5 heteroatoms. The molecule has 1 atom stereocenters. The van der Waals surface area contributed by atoms with Gasteiger partial charge in [0.15, 0.2) is 0 Å². The van der Waals surface area contributed by atoms with Crippen LogP contribution in [0.3, 0.4) is 0 Å². The standard InChI is InChI=1S/C10H19N3O2/c1-11-6-5-9(14)12-8-4-3-7-13(2)10(8)15/h8,11H,3-7H2,1-2H3,(H,12,14). The summed E-state index contributed by atoms with van der Waals surface area (Å²) in [7, 11) is 3.57. The second-order valence-corrected chi connectivity index (χ2v) is 3.88. The Balaban J connectivity index is 2.36. The minimum absolute atomic E-state index is 0.0269. The van der Waals surface area contributed by atoms with Gasteiger partial charge in [-0.1, -0.05) is 0 Å². The first-order valence-corrected chi connectivity index (χ1v) is 5.34. The maximum absolute atomic E-state index is 11.6. The van der Waals surface area contributed by atoms with Crippen LogP contribution in [-0.2, 0) is 9.59 Å². The molecule has 15 heavy (non-hydrogen) atoms. The number of rotatable bonds is 4. The van der Waals surface area contributed by atoms with Crippen molar-refractivity contribution in [2.24, 2.45) is 0 Å². The maximum atomic E-state index is 11.6. The molecule has 1 aliphatic rings. The first kappa shape index (κ1) is 12.0. The summed E-state index contributed by atoms with van der Waals surface area (Å²) in [5.74, 6) is -0.0305. The third kappa shape index (κ3) is 3.51. The molecule has 0 spiro atoms. The lowest BCUT2D eigenvalue weighted by Crippen LogP contribution is -2.51. The molecular formula is C10H19N3O2. The fraction of sp³-hybridized carbons (Fsp3) is 0.800. The van der Waals surface area contributed by atoms with Crippen molar-refractivity contribution in [2.45, 2.75) is 25.3 Å². The van der Waals surface area contributed by atoms with Gasteiger partial charge in [-0.15, -0.1) is 0 Å². The van der Waals surface area contributed by atoms with Crippen molar-refractivity contribution in [3.8, 4) is 0 Å². The van der Waals surface area contributed by atoms with E-state index < -0.39 is 0 Å². The molecule has 1 fully saturated rings. The zero-order chi connectivity index (χ0) is 11.3. The van der Waals surface area contributed by atoms with Crippen molar-refractivity contribution < 1.29 is 9.59 Å². The van der Waals surface area contributed by atoms with Gasteiger partial charge in [-0.25, -0.2) is 0 Å². The Hall–Kier alpha value is -1.10. The minimum atomic E-state index is -0.312. The third-order valence-electron chi connectivity index (χ3n) is 2.60. The lowest BCUT2D eigenvalue weighted by Gasteiger charge is -2.29. The Bertz CT molecular complexity index is 243. The van der Waals surface area contributed by atoms with Gasteiger partial charge in [0.1, 0.15) is 6.04 Å². The Morgan fingerprint density at radius 3 is 3.00 bits per heavy atom. The van der Waals surface area contributed by atoms with E-state index in [1.54, 1.807) is 19.0 Å². The van der Waals surface area contributed by atoms with E-state index >= 15 is 0 Å². The van der Waals surface area contributed by atoms with Gasteiger partial charge in [0.2, 0.25) is 11.8 Å². The summed E-state index contributed by atoms with van der Waals surface area (Å²) in [6, 6.07) is -0.312. The highest BCUT2D eigenvalue weighted by Crippen LogP contribution is 2.09. The highest BCUT2D eigenvalue weighted by molar-refractivity contribution is 5.88. The molecule has 0 saturated carbocycles. The minimum Gasteiger partial charge on any atom is -0.344 e. The molecule has 2 amide bonds. The highest BCUT2D eigenvalue weighted by Gasteiger charge is 2.27. The molecule has 1 saturated heterocycles. The van der Waals surface area contributed by atoms with Crippen LogP contribution in [0.15, 0.2) is 0 Å². The van der Waals surface area contributed by atoms with Gasteiger partial charge in [0.05, 0.1) is 0 Å². The van der Waals surface area contributed by atoms with Gasteiger partial charge < -0.3 is 15.5 Å². The average Bonchev–Trinajstić information content (AvgIpc) is 2.22. The second kappa shape index (κ2) is 5.70. The molecule has 2 N–H and O–H groups in total. The molecular weight excluding hydrogens is 194 g/mol. The van der Waals surface area contributed by atoms with Crippen LogP contribution in [0.2, 0.25) is 0 Å². The van der Waals surface area contributed by atoms with E-state index in [9.17, 15) is 9.59 Å². The summed E-state index contributed by atoms with van der Waals surface area (Å²) >= 11 is 0. The van der Waals surface area contributed by atoms with E-state index in [1.807, 2.05) is 0 Å². The molecule has 0 aromatic rings. The van der Waals surface area contributed by atoms with Crippen LogP contribution in [0, 0.1) is 0 Å². The molecule has 0 aromatic heterocycles. The Labute approximate surface area is 90.2 Å². The first-order chi connectivity index (χ1) is 7.15. The fourth-order valence-corrected chi connectivity index (χ4v) is 1.67. The Kier molecular flexibility index (Phi) is 4.55. The van der Waals surface area contributed by atoms with Crippen LogP contribution in [0.5, 0.6) is 0 Å². The number of carbonyl (C=O) groups excluding carboxylic acids is 2. The summed E-state index contributed by atoms with van der Waals surface area (Å²) in [4.78, 5) is 24.7. The molecule has 1 aliphatic heterocycles. The van der Waals surface area contributed by atoms with Gasteiger partial charge >= 0.3 is 0 Å². The van der Waals surface area contributed by atoms with Crippen molar-refractivity contribution in [1.82, 2.24) is 15.5 Å². The lowest BCUT2D eigenvalue weighted by molar-refractivity contribution is -0.137. The van der Waals surface area contributed by atoms with Gasteiger partial charge in [-0.3, -0.25) is 9.59 Å². The molecule has 0 radical (unpaired) electrons. The van der Waals surface area contributed by atoms with Gasteiger partial charge in [-0.05, 0) is 19.9 Å². The lowest BCUT2D eigenvalue weighted by atomic mass is 10.1. The van der Waals surface area contributed by atoms with E-state index in [-0.39, 0.29) is 17.9 Å². The Morgan fingerprint density at radius 2 is 2.33 bits per heavy atom. The molecule has 0 aliphatic carbocycles. The highest BCUT2D eigenvalue weighted by atomic mass is 16.2. The van der Waals surface area contributed by atoms with Crippen molar-refractivity contribution in [2.75, 3.05) is 27.2 Å². The number of amides is 2. The molecule has 1 heterocycles. The second-order valence-electron chi connectivity index (χ2n) is 3.88. The summed E-state index contributed by atoms with van der Waals surface area (Å²) in [6.45, 7) is 1.43. The van der Waals surface area contributed by atoms with Crippen molar-refractivity contribution >= 4 is 11.8 Å². The Morgan fingerprint density at radius 1 is 1.60 bits per heavy atom. The fourth-order valence-electron chi connectivity index (χ4n) is 1.67. The predicted molar refractivity (Wildman–Crippen MR) is 57.3 cm³/mol. The SMILES string of the molecule is CNCCC(=O)NC1CCCN(C)C1=O. The molecule has 1 rings (SSSR count). The number of hydrogen-bond acceptors (Lipinski definition) is 3. The van der Waals surface area contributed by atoms with Crippen LogP contribution in [-0.4, -0.2) is 49.9 Å². The van der Waals surface area contributed by atoms with E-state index in [0.29, 0.717) is 13.0 Å². The summed E-state index contributed by atoms with van der Waals surface area (Å²) in [5, 5.41) is 5.66. The number of piperidine rings is 1. The quantitative estimate of drug-likeness (QED) is 0.651. The zero-order valence-electron chi connectivity index (χ0n) is 9.38. The van der Waals surface area contributed by atoms with E-state index in [4.69, 9.17) is 0 Å². The number of hydrogen-bond donors (Lipinski definition) is 2. The first-order valence-electron chi connectivity index (χ1n) is 5.34. The van der Waals surface area contributed by atoms with Crippen LogP contribution in [0.1, 0.15) is 19.3 Å². The topological polar surface area (TPSA) is 61.4 Å². The predicted octanol–water partition coefficient (Wildman–Crippen LogP) is -0.667. The normalized spacial score (nSPS) is 21.6. The summed E-state index contributed by atoms with van der Waals surface area (Å²) < 4.78 is 0. The van der Waals surface area contributed by atoms with Gasteiger partial charge in [-0.2, -0.15) is 0 Å². The van der Waals surface area contributed by atoms with Crippen LogP contribution in [0.4, 0.5) is 0 Å². The van der Waals surface area contributed by atoms with E-state index in [1.165, 1.54) is 0 Å². The number of nitrogens with one attached hydrogen (secondary N) is 2. The van der Waals surface area contributed by atoms with Crippen LogP contribution in [0.25, 0.3) is 0 Å². The summed E-state index contributed by atoms with van der Waals surface area (Å²) in [5.41, 5.74) is 0. The average molecular weight is 213 g/mol. The number of likely N-dealkylation sites (tertiary alicyclic amines) is 1. The van der Waals surface area contributed by atoms with E-state index in [2.05, 4.69) is 10.6 Å². The number of carbonyl (C=O) groups is 2. The van der Waals surface area contributed by atoms with Crippen LogP contribution >= 0.6 is 0 Å². The monoisotopic (exact) mass is 213 g/mol. The molecule has 0 bridgehead atoms. The van der Waals surface area contributed by atoms with Gasteiger partial charge in [0, 0.05) is 26.6 Å². The molecule has 5 nitrogen and oxygen atoms in total. The van der Waals surface area contributed by atoms with Gasteiger partial charge in [0.25, 0.3) is 0 Å². The van der Waals surface area contributed by atoms with Crippen molar-refractivity contribution in [3.63, 3.8) is 0 Å². The molecule has 1 unspecified atom stereocenters. The van der Waals surface area contributed by atoms with Crippen molar-refractivity contribution in [1.29, 1.82) is 0 Å². The largest absolute Gasteiger partial charge is 0.344 e. The number of likely N-dealkylation sites (N-methyl/N-ethyl adjacent to an activating group) is 1. The summed E-state index contributed by atoms with van der Waals surface area (Å²) in [6.07, 6.45) is 2.14. The van der Waals surface area contributed by atoms with Crippen LogP contribution < -0.4 is 10.6 Å². The number of nitrogens with zero attached hydrogens (tertiary/aromatic N) is 1. The van der Waals surface area contributed by atoms with E-state index in [0.717, 1.165) is 19.4 Å². The third-order valence-corrected chi connectivity index (χ3v) is 2.60. The molecule has 0 aromatic carbocycles. The smallest absolute Gasteiger partial charge is 0.244 e. The zero-order valence-corrected chi connectivity index (χ0v) is 9.38.